The van der Waals surface area contributed by atoms with Crippen molar-refractivity contribution in [3.05, 3.63) is 0 Å². The number of hydrogen-bond donors (Lipinski definition) is 3. The molecule has 0 rings (SSSR count). The van der Waals surface area contributed by atoms with Crippen molar-refractivity contribution in [2.24, 2.45) is 11.1 Å². The van der Waals surface area contributed by atoms with Crippen molar-refractivity contribution in [3.63, 3.8) is 0 Å². The van der Waals surface area contributed by atoms with E-state index < -0.39 is 35.7 Å². The predicted octanol–water partition coefficient (Wildman–Crippen LogP) is -0.116. The van der Waals surface area contributed by atoms with Crippen molar-refractivity contribution in [1.82, 2.24) is 5.32 Å². The predicted molar refractivity (Wildman–Crippen MR) is 68.3 cm³/mol. The molecule has 0 unspecified atom stereocenters. The van der Waals surface area contributed by atoms with Crippen LogP contribution < -0.4 is 11.1 Å². The number of methoxy groups -OCH3 is 1. The van der Waals surface area contributed by atoms with E-state index in [1.165, 1.54) is 0 Å². The van der Waals surface area contributed by atoms with Gasteiger partial charge in [0.15, 0.2) is 0 Å². The first-order chi connectivity index (χ1) is 8.86. The number of rotatable bonds is 8. The van der Waals surface area contributed by atoms with Gasteiger partial charge in [-0.05, 0) is 12.8 Å². The van der Waals surface area contributed by atoms with Gasteiger partial charge in [-0.1, -0.05) is 13.8 Å². The minimum absolute atomic E-state index is 0.121. The van der Waals surface area contributed by atoms with Gasteiger partial charge >= 0.3 is 11.9 Å². The molecule has 7 heteroatoms. The molecule has 0 heterocycles. The van der Waals surface area contributed by atoms with Gasteiger partial charge in [-0.15, -0.1) is 0 Å². The smallest absolute Gasteiger partial charge is 0.326 e. The van der Waals surface area contributed by atoms with Crippen molar-refractivity contribution in [2.45, 2.75) is 39.2 Å². The Kier molecular flexibility index (Phi) is 7.06. The van der Waals surface area contributed by atoms with E-state index in [0.29, 0.717) is 12.8 Å². The van der Waals surface area contributed by atoms with Crippen LogP contribution in [0.4, 0.5) is 0 Å². The van der Waals surface area contributed by atoms with Crippen LogP contribution in [0.5, 0.6) is 0 Å². The lowest BCUT2D eigenvalue weighted by Crippen LogP contribution is -2.51. The molecule has 0 aromatic rings. The van der Waals surface area contributed by atoms with E-state index in [1.54, 1.807) is 0 Å². The fraction of sp³-hybridized carbons (Fsp3) is 0.750. The Bertz CT molecular complexity index is 331. The lowest BCUT2D eigenvalue weighted by molar-refractivity contribution is -0.149. The SMILES string of the molecule is CCC(CC)(CN)C(=O)N[C@@H](CC(=O)OC)C(=O)O. The summed E-state index contributed by atoms with van der Waals surface area (Å²) in [6.45, 7) is 3.74. The number of carboxylic acid groups (broad SMARTS) is 1. The Morgan fingerprint density at radius 2 is 1.84 bits per heavy atom. The second-order valence-electron chi connectivity index (χ2n) is 4.34. The summed E-state index contributed by atoms with van der Waals surface area (Å²) < 4.78 is 4.40. The van der Waals surface area contributed by atoms with Crippen LogP contribution in [-0.2, 0) is 19.1 Å². The van der Waals surface area contributed by atoms with E-state index in [2.05, 4.69) is 10.1 Å². The van der Waals surface area contributed by atoms with E-state index >= 15 is 0 Å². The summed E-state index contributed by atoms with van der Waals surface area (Å²) in [7, 11) is 1.16. The summed E-state index contributed by atoms with van der Waals surface area (Å²) in [6.07, 6.45) is 0.582. The highest BCUT2D eigenvalue weighted by atomic mass is 16.5. The Hall–Kier alpha value is -1.63. The van der Waals surface area contributed by atoms with Gasteiger partial charge < -0.3 is 20.9 Å². The van der Waals surface area contributed by atoms with Gasteiger partial charge in [-0.25, -0.2) is 4.79 Å². The van der Waals surface area contributed by atoms with Crippen LogP contribution >= 0.6 is 0 Å². The van der Waals surface area contributed by atoms with E-state index in [0.717, 1.165) is 7.11 Å². The van der Waals surface area contributed by atoms with Crippen LogP contribution in [0, 0.1) is 5.41 Å². The van der Waals surface area contributed by atoms with Gasteiger partial charge in [-0.2, -0.15) is 0 Å². The number of amides is 1. The lowest BCUT2D eigenvalue weighted by atomic mass is 9.81. The number of esters is 1. The molecule has 110 valence electrons. The van der Waals surface area contributed by atoms with Crippen LogP contribution in [-0.4, -0.2) is 42.6 Å². The van der Waals surface area contributed by atoms with Crippen LogP contribution in [0.3, 0.4) is 0 Å². The number of aliphatic carboxylic acids is 1. The minimum Gasteiger partial charge on any atom is -0.480 e. The first kappa shape index (κ1) is 17.4. The molecule has 1 atom stereocenters. The van der Waals surface area contributed by atoms with Crippen molar-refractivity contribution >= 4 is 17.8 Å². The van der Waals surface area contributed by atoms with Gasteiger partial charge in [0.05, 0.1) is 18.9 Å². The molecule has 7 nitrogen and oxygen atoms in total. The Balaban J connectivity index is 4.89. The normalized spacial score (nSPS) is 12.6. The van der Waals surface area contributed by atoms with Crippen LogP contribution in [0.2, 0.25) is 0 Å². The Labute approximate surface area is 112 Å². The van der Waals surface area contributed by atoms with Gasteiger partial charge in [0.2, 0.25) is 5.91 Å². The highest BCUT2D eigenvalue weighted by Gasteiger charge is 2.36. The maximum Gasteiger partial charge on any atom is 0.326 e. The molecular formula is C12H22N2O5. The molecule has 0 bridgehead atoms. The number of carboxylic acids is 1. The molecule has 0 aromatic carbocycles. The molecule has 4 N–H and O–H groups in total. The van der Waals surface area contributed by atoms with E-state index in [4.69, 9.17) is 10.8 Å². The monoisotopic (exact) mass is 274 g/mol. The number of ether oxygens (including phenoxy) is 1. The Morgan fingerprint density at radius 3 is 2.16 bits per heavy atom. The molecule has 0 aliphatic carbocycles. The zero-order chi connectivity index (χ0) is 15.1. The molecule has 0 saturated heterocycles. The number of hydrogen-bond acceptors (Lipinski definition) is 5. The summed E-state index contributed by atoms with van der Waals surface area (Å²) >= 11 is 0. The van der Waals surface area contributed by atoms with Gasteiger partial charge in [0.25, 0.3) is 0 Å². The maximum absolute atomic E-state index is 12.1. The van der Waals surface area contributed by atoms with E-state index in [9.17, 15) is 14.4 Å². The Morgan fingerprint density at radius 1 is 1.32 bits per heavy atom. The van der Waals surface area contributed by atoms with Crippen molar-refractivity contribution < 1.29 is 24.2 Å². The molecule has 0 saturated carbocycles. The second kappa shape index (κ2) is 7.73. The molecule has 1 amide bonds. The number of carbonyl (C=O) groups is 3. The van der Waals surface area contributed by atoms with Gasteiger partial charge in [-0.3, -0.25) is 9.59 Å². The molecular weight excluding hydrogens is 252 g/mol. The summed E-state index contributed by atoms with van der Waals surface area (Å²) in [5.41, 5.74) is 4.81. The summed E-state index contributed by atoms with van der Waals surface area (Å²) in [6, 6.07) is -1.30. The first-order valence-electron chi connectivity index (χ1n) is 6.17. The van der Waals surface area contributed by atoms with E-state index in [1.807, 2.05) is 13.8 Å². The molecule has 0 aromatic heterocycles. The van der Waals surface area contributed by atoms with Gasteiger partial charge in [0, 0.05) is 6.54 Å². The highest BCUT2D eigenvalue weighted by Crippen LogP contribution is 2.25. The van der Waals surface area contributed by atoms with E-state index in [-0.39, 0.29) is 6.54 Å². The van der Waals surface area contributed by atoms with Crippen LogP contribution in [0.15, 0.2) is 0 Å². The molecule has 0 radical (unpaired) electrons. The zero-order valence-corrected chi connectivity index (χ0v) is 11.6. The molecule has 19 heavy (non-hydrogen) atoms. The number of carbonyl (C=O) groups excluding carboxylic acids is 2. The summed E-state index contributed by atoms with van der Waals surface area (Å²) in [5, 5.41) is 11.4. The lowest BCUT2D eigenvalue weighted by Gasteiger charge is -2.30. The maximum atomic E-state index is 12.1. The molecule has 0 aliphatic heterocycles. The zero-order valence-electron chi connectivity index (χ0n) is 11.6. The third kappa shape index (κ3) is 4.51. The third-order valence-corrected chi connectivity index (χ3v) is 3.43. The van der Waals surface area contributed by atoms with Crippen LogP contribution in [0.25, 0.3) is 0 Å². The topological polar surface area (TPSA) is 119 Å². The quantitative estimate of drug-likeness (QED) is 0.531. The first-order valence-corrected chi connectivity index (χ1v) is 6.17. The van der Waals surface area contributed by atoms with Crippen molar-refractivity contribution in [3.8, 4) is 0 Å². The molecule has 0 aliphatic rings. The molecule has 0 spiro atoms. The average molecular weight is 274 g/mol. The summed E-state index contributed by atoms with van der Waals surface area (Å²) in [4.78, 5) is 34.3. The number of nitrogens with two attached hydrogens (primary N) is 1. The summed E-state index contributed by atoms with van der Waals surface area (Å²) in [5.74, 6) is -2.42. The fourth-order valence-corrected chi connectivity index (χ4v) is 1.71. The largest absolute Gasteiger partial charge is 0.480 e. The van der Waals surface area contributed by atoms with Crippen molar-refractivity contribution in [2.75, 3.05) is 13.7 Å². The fourth-order valence-electron chi connectivity index (χ4n) is 1.71. The average Bonchev–Trinajstić information content (AvgIpc) is 2.40. The standard InChI is InChI=1S/C12H22N2O5/c1-4-12(5-2,7-13)11(18)14-8(10(16)17)6-9(15)19-3/h8H,4-7,13H2,1-3H3,(H,14,18)(H,16,17)/t8-/m0/s1. The minimum atomic E-state index is -1.30. The second-order valence-corrected chi connectivity index (χ2v) is 4.34. The van der Waals surface area contributed by atoms with Gasteiger partial charge in [0.1, 0.15) is 6.04 Å². The van der Waals surface area contributed by atoms with Crippen molar-refractivity contribution in [1.29, 1.82) is 0 Å². The molecule has 0 fully saturated rings. The highest BCUT2D eigenvalue weighted by molar-refractivity contribution is 5.89. The van der Waals surface area contributed by atoms with Crippen LogP contribution in [0.1, 0.15) is 33.1 Å². The number of nitrogens with one attached hydrogen (secondary N) is 1. The third-order valence-electron chi connectivity index (χ3n) is 3.43.